The van der Waals surface area contributed by atoms with Crippen LogP contribution in [0.1, 0.15) is 56.9 Å². The highest BCUT2D eigenvalue weighted by molar-refractivity contribution is 5.80. The van der Waals surface area contributed by atoms with Crippen molar-refractivity contribution >= 4 is 11.9 Å². The van der Waals surface area contributed by atoms with E-state index >= 15 is 0 Å². The monoisotopic (exact) mass is 502 g/mol. The Bertz CT molecular complexity index is 958. The van der Waals surface area contributed by atoms with Crippen LogP contribution in [0.2, 0.25) is 0 Å². The Labute approximate surface area is 212 Å². The van der Waals surface area contributed by atoms with Crippen LogP contribution >= 0.6 is 0 Å². The minimum absolute atomic E-state index is 0.0570. The molecule has 2 saturated carbocycles. The van der Waals surface area contributed by atoms with Crippen molar-refractivity contribution in [3.63, 3.8) is 0 Å². The normalized spacial score (nSPS) is 30.0. The number of aliphatic hydroxyl groups is 1. The van der Waals surface area contributed by atoms with Crippen molar-refractivity contribution < 1.29 is 23.9 Å². The molecule has 2 aliphatic carbocycles. The molecule has 2 saturated heterocycles. The van der Waals surface area contributed by atoms with Crippen LogP contribution in [0, 0.1) is 0 Å². The van der Waals surface area contributed by atoms with Gasteiger partial charge in [-0.1, -0.05) is 34.8 Å². The standard InChI is InChI=1S/C27H39FN4O4/c1-29(2)27(21-7-4-3-5-8-21)14-12-25(13-15-27)19-30(16-9-23(33)32(28)22-17-36-18-22)24(34)31(25)20-26(35)10-6-11-26/h3-5,7-8,22,35H,6,9-20H2,1-2H3/t25-,27+. The summed E-state index contributed by atoms with van der Waals surface area (Å²) in [5.74, 6) is -0.611. The van der Waals surface area contributed by atoms with E-state index in [1.807, 2.05) is 11.0 Å². The third-order valence-corrected chi connectivity index (χ3v) is 9.25. The van der Waals surface area contributed by atoms with Crippen LogP contribution < -0.4 is 0 Å². The molecule has 36 heavy (non-hydrogen) atoms. The second-order valence-electron chi connectivity index (χ2n) is 11.5. The van der Waals surface area contributed by atoms with Gasteiger partial charge in [-0.15, -0.1) is 0 Å². The van der Waals surface area contributed by atoms with Crippen LogP contribution in [0.5, 0.6) is 0 Å². The average Bonchev–Trinajstić information content (AvgIpc) is 3.07. The lowest BCUT2D eigenvalue weighted by molar-refractivity contribution is -0.175. The molecule has 0 atom stereocenters. The molecule has 198 valence electrons. The number of benzene rings is 1. The summed E-state index contributed by atoms with van der Waals surface area (Å²) >= 11 is 0. The number of rotatable bonds is 8. The lowest BCUT2D eigenvalue weighted by Crippen LogP contribution is -2.59. The van der Waals surface area contributed by atoms with Crippen LogP contribution in [-0.2, 0) is 15.1 Å². The van der Waals surface area contributed by atoms with Gasteiger partial charge in [0.1, 0.15) is 6.04 Å². The molecular weight excluding hydrogens is 463 g/mol. The van der Waals surface area contributed by atoms with Crippen molar-refractivity contribution in [2.24, 2.45) is 0 Å². The van der Waals surface area contributed by atoms with Crippen molar-refractivity contribution in [2.45, 2.75) is 74.1 Å². The van der Waals surface area contributed by atoms with Crippen molar-refractivity contribution in [1.82, 2.24) is 19.8 Å². The van der Waals surface area contributed by atoms with E-state index in [2.05, 4.69) is 43.3 Å². The second-order valence-corrected chi connectivity index (χ2v) is 11.5. The van der Waals surface area contributed by atoms with Gasteiger partial charge in [-0.05, 0) is 64.6 Å². The van der Waals surface area contributed by atoms with E-state index in [1.165, 1.54) is 5.56 Å². The molecule has 1 spiro atoms. The molecule has 4 aliphatic rings. The summed E-state index contributed by atoms with van der Waals surface area (Å²) in [5, 5.41) is 11.3. The van der Waals surface area contributed by atoms with Crippen LogP contribution in [0.25, 0.3) is 0 Å². The lowest BCUT2D eigenvalue weighted by Gasteiger charge is -2.52. The number of nitrogens with zero attached hydrogens (tertiary/aromatic N) is 4. The van der Waals surface area contributed by atoms with Gasteiger partial charge in [-0.2, -0.15) is 5.12 Å². The van der Waals surface area contributed by atoms with E-state index in [1.54, 1.807) is 4.90 Å². The summed E-state index contributed by atoms with van der Waals surface area (Å²) in [6.07, 6.45) is 5.71. The van der Waals surface area contributed by atoms with E-state index < -0.39 is 23.1 Å². The Morgan fingerprint density at radius 1 is 1.11 bits per heavy atom. The van der Waals surface area contributed by atoms with Gasteiger partial charge >= 0.3 is 6.03 Å². The molecule has 0 unspecified atom stereocenters. The lowest BCUT2D eigenvalue weighted by atomic mass is 9.67. The fourth-order valence-electron chi connectivity index (χ4n) is 6.52. The van der Waals surface area contributed by atoms with E-state index in [4.69, 9.17) is 4.74 Å². The van der Waals surface area contributed by atoms with Gasteiger partial charge < -0.3 is 19.6 Å². The maximum Gasteiger partial charge on any atom is 0.320 e. The van der Waals surface area contributed by atoms with E-state index in [0.717, 1.165) is 32.1 Å². The number of ether oxygens (including phenoxy) is 1. The second kappa shape index (κ2) is 9.58. The van der Waals surface area contributed by atoms with E-state index in [0.29, 0.717) is 25.9 Å². The van der Waals surface area contributed by atoms with Crippen molar-refractivity contribution in [3.8, 4) is 0 Å². The average molecular weight is 503 g/mol. The molecule has 1 aromatic carbocycles. The maximum absolute atomic E-state index is 14.3. The molecule has 9 heteroatoms. The number of amides is 3. The number of carbonyl (C=O) groups is 2. The molecule has 1 N–H and O–H groups in total. The molecule has 3 amide bonds. The number of β-amino-alcohol motifs (C(OH)–C–C–N with tert-alkyl or cyclic N) is 1. The summed E-state index contributed by atoms with van der Waals surface area (Å²) < 4.78 is 19.3. The first-order chi connectivity index (χ1) is 17.2. The topological polar surface area (TPSA) is 76.6 Å². The number of urea groups is 1. The Morgan fingerprint density at radius 2 is 1.78 bits per heavy atom. The highest BCUT2D eigenvalue weighted by atomic mass is 19.2. The summed E-state index contributed by atoms with van der Waals surface area (Å²) in [5.41, 5.74) is -0.0535. The fraction of sp³-hybridized carbons (Fsp3) is 0.704. The zero-order valence-electron chi connectivity index (χ0n) is 21.5. The first-order valence-corrected chi connectivity index (χ1v) is 13.3. The Morgan fingerprint density at radius 3 is 2.31 bits per heavy atom. The van der Waals surface area contributed by atoms with Crippen LogP contribution in [-0.4, -0.2) is 101 Å². The van der Waals surface area contributed by atoms with Gasteiger partial charge in [0.2, 0.25) is 0 Å². The number of hydrogen-bond donors (Lipinski definition) is 1. The first kappa shape index (κ1) is 25.4. The molecule has 5 rings (SSSR count). The Balaban J connectivity index is 1.33. The molecule has 2 heterocycles. The van der Waals surface area contributed by atoms with Crippen LogP contribution in [0.4, 0.5) is 9.28 Å². The molecule has 4 fully saturated rings. The molecule has 0 aromatic heterocycles. The van der Waals surface area contributed by atoms with E-state index in [9.17, 15) is 19.2 Å². The van der Waals surface area contributed by atoms with Gasteiger partial charge in [0, 0.05) is 25.0 Å². The third-order valence-electron chi connectivity index (χ3n) is 9.25. The molecule has 2 aliphatic heterocycles. The molecular formula is C27H39FN4O4. The summed E-state index contributed by atoms with van der Waals surface area (Å²) in [6, 6.07) is 9.89. The smallest absolute Gasteiger partial charge is 0.320 e. The zero-order valence-corrected chi connectivity index (χ0v) is 21.5. The Kier molecular flexibility index (Phi) is 6.76. The van der Waals surface area contributed by atoms with Gasteiger partial charge in [0.15, 0.2) is 0 Å². The Hall–Kier alpha value is -2.23. The quantitative estimate of drug-likeness (QED) is 0.554. The molecule has 0 bridgehead atoms. The van der Waals surface area contributed by atoms with Crippen molar-refractivity contribution in [2.75, 3.05) is 46.9 Å². The van der Waals surface area contributed by atoms with Crippen molar-refractivity contribution in [1.29, 1.82) is 0 Å². The van der Waals surface area contributed by atoms with Gasteiger partial charge in [-0.25, -0.2) is 4.79 Å². The summed E-state index contributed by atoms with van der Waals surface area (Å²) in [6.45, 7) is 1.45. The zero-order chi connectivity index (χ0) is 25.6. The largest absolute Gasteiger partial charge is 0.388 e. The molecule has 8 nitrogen and oxygen atoms in total. The van der Waals surface area contributed by atoms with Crippen LogP contribution in [0.15, 0.2) is 30.3 Å². The number of halogens is 1. The first-order valence-electron chi connectivity index (χ1n) is 13.3. The maximum atomic E-state index is 14.3. The summed E-state index contributed by atoms with van der Waals surface area (Å²) in [7, 11) is 4.24. The molecule has 1 aromatic rings. The third kappa shape index (κ3) is 4.39. The van der Waals surface area contributed by atoms with Crippen molar-refractivity contribution in [3.05, 3.63) is 35.9 Å². The minimum atomic E-state index is -0.829. The fourth-order valence-corrected chi connectivity index (χ4v) is 6.52. The number of carbonyl (C=O) groups excluding carboxylic acids is 2. The predicted molar refractivity (Wildman–Crippen MR) is 133 cm³/mol. The van der Waals surface area contributed by atoms with E-state index in [-0.39, 0.29) is 42.9 Å². The SMILES string of the molecule is CN(C)[C@]1(c2ccccc2)CC[C@]2(CC1)CN(CCC(=O)N(F)C1COC1)C(=O)N2CC1(O)CCC1. The predicted octanol–water partition coefficient (Wildman–Crippen LogP) is 2.91. The van der Waals surface area contributed by atoms with Gasteiger partial charge in [-0.3, -0.25) is 9.69 Å². The highest BCUT2D eigenvalue weighted by Gasteiger charge is 2.56. The minimum Gasteiger partial charge on any atom is -0.388 e. The number of hydrogen-bond acceptors (Lipinski definition) is 5. The van der Waals surface area contributed by atoms with Gasteiger partial charge in [0.05, 0.1) is 30.9 Å². The summed E-state index contributed by atoms with van der Waals surface area (Å²) in [4.78, 5) is 31.9. The van der Waals surface area contributed by atoms with Gasteiger partial charge in [0.25, 0.3) is 5.91 Å². The molecule has 0 radical (unpaired) electrons. The highest BCUT2D eigenvalue weighted by Crippen LogP contribution is 2.50. The van der Waals surface area contributed by atoms with Crippen LogP contribution in [0.3, 0.4) is 0 Å².